The Hall–Kier alpha value is -1.76. The van der Waals surface area contributed by atoms with Gasteiger partial charge in [-0.3, -0.25) is 9.78 Å². The molecule has 0 saturated heterocycles. The number of H-pyrrole nitrogens is 1. The molecule has 0 fully saturated rings. The Labute approximate surface area is 59.5 Å². The number of nitrogens with zero attached hydrogens (tertiary/aromatic N) is 2. The van der Waals surface area contributed by atoms with Crippen molar-refractivity contribution < 1.29 is 5.48 Å². The van der Waals surface area contributed by atoms with Gasteiger partial charge in [0.1, 0.15) is 0 Å². The van der Waals surface area contributed by atoms with Gasteiger partial charge < -0.3 is 5.48 Å². The predicted octanol–water partition coefficient (Wildman–Crippen LogP) is -1.76. The highest BCUT2D eigenvalue weighted by Crippen LogP contribution is 1.69. The van der Waals surface area contributed by atoms with Crippen molar-refractivity contribution in [1.29, 1.82) is 0 Å². The average molecular weight is 159 g/mol. The number of aromatic amines is 1. The lowest BCUT2D eigenvalue weighted by atomic mass is 10.7. The molecule has 1 rings (SSSR count). The first-order valence-electron chi connectivity index (χ1n) is 2.39. The summed E-state index contributed by atoms with van der Waals surface area (Å²) in [6.45, 7) is 0. The van der Waals surface area contributed by atoms with Crippen molar-refractivity contribution in [3.8, 4) is 0 Å². The van der Waals surface area contributed by atoms with Crippen LogP contribution in [0.25, 0.3) is 0 Å². The molecule has 7 heteroatoms. The van der Waals surface area contributed by atoms with E-state index in [9.17, 15) is 14.5 Å². The summed E-state index contributed by atoms with van der Waals surface area (Å²) >= 11 is 0. The van der Waals surface area contributed by atoms with Gasteiger partial charge in [0, 0.05) is 12.3 Å². The van der Waals surface area contributed by atoms with E-state index >= 15 is 0 Å². The van der Waals surface area contributed by atoms with Crippen LogP contribution in [0, 0.1) is 4.91 Å². The molecule has 0 saturated carbocycles. The van der Waals surface area contributed by atoms with E-state index in [1.54, 1.807) is 0 Å². The highest BCUT2D eigenvalue weighted by atomic mass is 16.3. The Bertz CT molecular complexity index is 351. The molecule has 0 bridgehead atoms. The highest BCUT2D eigenvalue weighted by Gasteiger charge is 1.91. The zero-order valence-electron chi connectivity index (χ0n) is 5.27. The monoisotopic (exact) mass is 159 g/mol. The third kappa shape index (κ3) is 1.83. The average Bonchev–Trinajstić information content (AvgIpc) is 1.88. The molecular formula is C4H5N3O4. The number of nitroso groups, excluding NO2 is 1. The van der Waals surface area contributed by atoms with E-state index in [-0.39, 0.29) is 5.48 Å². The molecule has 0 aliphatic carbocycles. The smallest absolute Gasteiger partial charge is 0.351 e. The fourth-order valence-electron chi connectivity index (χ4n) is 0.475. The Kier molecular flexibility index (Phi) is 2.87. The molecule has 0 aliphatic heterocycles. The fraction of sp³-hybridized carbons (Fsp3) is 0. The normalized spacial score (nSPS) is 8.36. The Morgan fingerprint density at radius 3 is 2.55 bits per heavy atom. The Morgan fingerprint density at radius 1 is 1.45 bits per heavy atom. The molecule has 0 aliphatic rings. The molecule has 3 N–H and O–H groups in total. The summed E-state index contributed by atoms with van der Waals surface area (Å²) in [6.07, 6.45) is 0.994. The van der Waals surface area contributed by atoms with Gasteiger partial charge in [-0.2, -0.15) is 4.68 Å². The zero-order chi connectivity index (χ0) is 7.56. The van der Waals surface area contributed by atoms with E-state index in [4.69, 9.17) is 0 Å². The number of hydrogen-bond acceptors (Lipinski definition) is 4. The molecule has 0 spiro atoms. The number of aromatic nitrogens is 2. The first-order chi connectivity index (χ1) is 4.74. The first kappa shape index (κ1) is 9.24. The van der Waals surface area contributed by atoms with E-state index in [0.717, 1.165) is 12.3 Å². The van der Waals surface area contributed by atoms with E-state index in [0.29, 0.717) is 4.68 Å². The minimum Gasteiger partial charge on any atom is -0.412 e. The van der Waals surface area contributed by atoms with Crippen molar-refractivity contribution in [2.75, 3.05) is 0 Å². The van der Waals surface area contributed by atoms with Crippen LogP contribution in [0.4, 0.5) is 0 Å². The molecule has 0 unspecified atom stereocenters. The first-order valence-corrected chi connectivity index (χ1v) is 2.39. The molecule has 0 radical (unpaired) electrons. The van der Waals surface area contributed by atoms with Gasteiger partial charge in [-0.15, -0.1) is 4.91 Å². The third-order valence-corrected chi connectivity index (χ3v) is 0.893. The van der Waals surface area contributed by atoms with E-state index in [1.807, 2.05) is 4.98 Å². The number of hydrogen-bond donors (Lipinski definition) is 1. The van der Waals surface area contributed by atoms with Gasteiger partial charge in [-0.25, -0.2) is 4.79 Å². The maximum Gasteiger partial charge on any atom is 0.351 e. The van der Waals surface area contributed by atoms with Crippen molar-refractivity contribution in [2.45, 2.75) is 0 Å². The Balaban J connectivity index is 0.000001000. The molecule has 7 nitrogen and oxygen atoms in total. The van der Waals surface area contributed by atoms with Crippen LogP contribution >= 0.6 is 0 Å². The third-order valence-electron chi connectivity index (χ3n) is 0.893. The fourth-order valence-corrected chi connectivity index (χ4v) is 0.475. The zero-order valence-corrected chi connectivity index (χ0v) is 5.27. The maximum absolute atomic E-state index is 10.5. The summed E-state index contributed by atoms with van der Waals surface area (Å²) in [5.41, 5.74) is -1.38. The molecule has 60 valence electrons. The van der Waals surface area contributed by atoms with Crippen molar-refractivity contribution in [3.63, 3.8) is 0 Å². The van der Waals surface area contributed by atoms with Crippen LogP contribution in [0.5, 0.6) is 0 Å². The van der Waals surface area contributed by atoms with Crippen LogP contribution in [0.2, 0.25) is 0 Å². The summed E-state index contributed by atoms with van der Waals surface area (Å²) < 4.78 is 0.487. The second-order valence-corrected chi connectivity index (χ2v) is 1.54. The molecule has 1 heterocycles. The lowest BCUT2D eigenvalue weighted by molar-refractivity contribution is 0.766. The van der Waals surface area contributed by atoms with Crippen molar-refractivity contribution in [2.24, 2.45) is 5.29 Å². The van der Waals surface area contributed by atoms with Gasteiger partial charge in [-0.05, 0) is 0 Å². The maximum atomic E-state index is 10.5. The highest BCUT2D eigenvalue weighted by molar-refractivity contribution is 4.81. The van der Waals surface area contributed by atoms with Crippen LogP contribution in [0.3, 0.4) is 0 Å². The van der Waals surface area contributed by atoms with Gasteiger partial charge >= 0.3 is 5.69 Å². The van der Waals surface area contributed by atoms with Crippen LogP contribution in [-0.4, -0.2) is 15.1 Å². The standard InChI is InChI=1S/C4H3N3O3.H2O/c8-3-1-2-7(6-10)4(9)5-3;/h1-2H,(H,5,8,9);1H2. The van der Waals surface area contributed by atoms with Crippen LogP contribution in [0.15, 0.2) is 27.1 Å². The number of nitrogens with one attached hydrogen (secondary N) is 1. The van der Waals surface area contributed by atoms with Gasteiger partial charge in [0.05, 0.1) is 5.29 Å². The van der Waals surface area contributed by atoms with E-state index < -0.39 is 11.2 Å². The molecule has 1 aromatic heterocycles. The van der Waals surface area contributed by atoms with Gasteiger partial charge in [-0.1, -0.05) is 0 Å². The minimum absolute atomic E-state index is 0. The van der Waals surface area contributed by atoms with Gasteiger partial charge in [0.15, 0.2) is 0 Å². The lowest BCUT2D eigenvalue weighted by Gasteiger charge is -1.86. The van der Waals surface area contributed by atoms with Crippen LogP contribution in [0.1, 0.15) is 0 Å². The molecule has 1 aromatic rings. The summed E-state index contributed by atoms with van der Waals surface area (Å²) in [4.78, 5) is 32.4. The van der Waals surface area contributed by atoms with Crippen molar-refractivity contribution >= 4 is 0 Å². The molecule has 11 heavy (non-hydrogen) atoms. The quantitative estimate of drug-likeness (QED) is 0.489. The second kappa shape index (κ2) is 3.42. The minimum atomic E-state index is -0.831. The predicted molar refractivity (Wildman–Crippen MR) is 36.1 cm³/mol. The van der Waals surface area contributed by atoms with E-state index in [2.05, 4.69) is 5.29 Å². The topological polar surface area (TPSA) is 116 Å². The second-order valence-electron chi connectivity index (χ2n) is 1.54. The Morgan fingerprint density at radius 2 is 2.09 bits per heavy atom. The summed E-state index contributed by atoms with van der Waals surface area (Å²) in [7, 11) is 0. The van der Waals surface area contributed by atoms with Crippen molar-refractivity contribution in [3.05, 3.63) is 38.0 Å². The molecule has 0 amide bonds. The van der Waals surface area contributed by atoms with Crippen LogP contribution in [-0.2, 0) is 0 Å². The van der Waals surface area contributed by atoms with Gasteiger partial charge in [0.2, 0.25) is 0 Å². The SMILES string of the molecule is O.O=Nn1ccc(=O)[nH]c1=O. The summed E-state index contributed by atoms with van der Waals surface area (Å²) in [6, 6.07) is 1.03. The summed E-state index contributed by atoms with van der Waals surface area (Å²) in [5, 5.41) is 2.30. The molecule has 0 atom stereocenters. The van der Waals surface area contributed by atoms with Crippen LogP contribution < -0.4 is 11.2 Å². The largest absolute Gasteiger partial charge is 0.412 e. The van der Waals surface area contributed by atoms with Crippen molar-refractivity contribution in [1.82, 2.24) is 9.66 Å². The van der Waals surface area contributed by atoms with Gasteiger partial charge in [0.25, 0.3) is 5.56 Å². The lowest BCUT2D eigenvalue weighted by Crippen LogP contribution is -2.25. The molecular weight excluding hydrogens is 154 g/mol. The molecule has 0 aromatic carbocycles. The number of rotatable bonds is 1. The summed E-state index contributed by atoms with van der Waals surface area (Å²) in [5.74, 6) is 0. The van der Waals surface area contributed by atoms with E-state index in [1.165, 1.54) is 0 Å².